The number of piperidine rings is 1. The van der Waals surface area contributed by atoms with Crippen molar-refractivity contribution in [1.82, 2.24) is 14.5 Å². The smallest absolute Gasteiger partial charge is 0.246 e. The number of nitrogens with zero attached hydrogens (tertiary/aromatic N) is 6. The molecule has 2 saturated heterocycles. The van der Waals surface area contributed by atoms with Crippen LogP contribution in [0.25, 0.3) is 27.8 Å². The molecule has 2 aliphatic heterocycles. The molecule has 0 spiro atoms. The molecule has 0 bridgehead atoms. The number of rotatable bonds is 5. The second-order valence-electron chi connectivity index (χ2n) is 10.3. The molecule has 39 heavy (non-hydrogen) atoms. The molecule has 1 amide bonds. The minimum atomic E-state index is -0.0101. The van der Waals surface area contributed by atoms with Gasteiger partial charge in [0, 0.05) is 68.0 Å². The molecule has 0 radical (unpaired) electrons. The molecule has 196 valence electrons. The summed E-state index contributed by atoms with van der Waals surface area (Å²) in [5.74, 6) is -0.0101. The van der Waals surface area contributed by atoms with Gasteiger partial charge in [-0.25, -0.2) is 4.52 Å². The Morgan fingerprint density at radius 3 is 2.05 bits per heavy atom. The summed E-state index contributed by atoms with van der Waals surface area (Å²) >= 11 is 0. The average Bonchev–Trinajstić information content (AvgIpc) is 3.44. The molecule has 2 fully saturated rings. The minimum Gasteiger partial charge on any atom is -0.372 e. The second kappa shape index (κ2) is 10.7. The Labute approximate surface area is 229 Å². The van der Waals surface area contributed by atoms with E-state index in [0.717, 1.165) is 59.6 Å². The molecule has 0 aliphatic carbocycles. The lowest BCUT2D eigenvalue weighted by molar-refractivity contribution is -0.126. The topological polar surface area (TPSA) is 67.9 Å². The lowest BCUT2D eigenvalue weighted by atomic mass is 9.98. The van der Waals surface area contributed by atoms with Gasteiger partial charge in [0.25, 0.3) is 0 Å². The maximum Gasteiger partial charge on any atom is 0.246 e. The quantitative estimate of drug-likeness (QED) is 0.334. The first-order valence-corrected chi connectivity index (χ1v) is 13.7. The van der Waals surface area contributed by atoms with E-state index in [0.29, 0.717) is 18.7 Å². The van der Waals surface area contributed by atoms with Gasteiger partial charge >= 0.3 is 0 Å². The second-order valence-corrected chi connectivity index (χ2v) is 10.3. The van der Waals surface area contributed by atoms with E-state index in [2.05, 4.69) is 82.1 Å². The molecule has 0 atom stereocenters. The van der Waals surface area contributed by atoms with Crippen LogP contribution in [0, 0.1) is 11.3 Å². The van der Waals surface area contributed by atoms with Crippen LogP contribution < -0.4 is 9.80 Å². The number of hydrogen-bond acceptors (Lipinski definition) is 5. The van der Waals surface area contributed by atoms with Crippen LogP contribution in [0.15, 0.2) is 79.6 Å². The van der Waals surface area contributed by atoms with Gasteiger partial charge in [0.2, 0.25) is 5.91 Å². The highest BCUT2D eigenvalue weighted by Gasteiger charge is 2.20. The Balaban J connectivity index is 1.30. The van der Waals surface area contributed by atoms with E-state index in [1.165, 1.54) is 31.0 Å². The summed E-state index contributed by atoms with van der Waals surface area (Å²) in [5, 5.41) is 14.3. The van der Waals surface area contributed by atoms with Gasteiger partial charge in [-0.1, -0.05) is 30.8 Å². The number of aromatic nitrogens is 2. The van der Waals surface area contributed by atoms with Gasteiger partial charge in [0.1, 0.15) is 6.07 Å². The van der Waals surface area contributed by atoms with Crippen LogP contribution in [-0.2, 0) is 4.79 Å². The van der Waals surface area contributed by atoms with Crippen molar-refractivity contribution in [2.45, 2.75) is 19.3 Å². The molecular formula is C32H32N6O. The maximum atomic E-state index is 11.9. The van der Waals surface area contributed by atoms with Crippen molar-refractivity contribution in [2.24, 2.45) is 0 Å². The lowest BCUT2D eigenvalue weighted by Crippen LogP contribution is -2.48. The number of amides is 1. The van der Waals surface area contributed by atoms with E-state index in [-0.39, 0.29) is 5.91 Å². The summed E-state index contributed by atoms with van der Waals surface area (Å²) in [5.41, 5.74) is 7.97. The van der Waals surface area contributed by atoms with Gasteiger partial charge in [-0.05, 0) is 66.8 Å². The number of carbonyl (C=O) groups is 1. The average molecular weight is 517 g/mol. The fraction of sp³-hybridized carbons (Fsp3) is 0.281. The standard InChI is InChI=1S/C32H32N6O/c1-2-31(39)37-18-16-36(17-19-37)29-12-8-25(9-13-29)30-20-26(23-38-32(30)27(21-33)22-34-38)24-6-10-28(11-7-24)35-14-4-3-5-15-35/h2,6-13,20,22-23H,1,3-5,14-19H2. The maximum absolute atomic E-state index is 11.9. The zero-order valence-corrected chi connectivity index (χ0v) is 22.1. The zero-order valence-electron chi connectivity index (χ0n) is 22.1. The van der Waals surface area contributed by atoms with Crippen molar-refractivity contribution in [1.29, 1.82) is 5.26 Å². The number of carbonyl (C=O) groups excluding carboxylic acids is 1. The molecule has 0 N–H and O–H groups in total. The highest BCUT2D eigenvalue weighted by molar-refractivity contribution is 5.88. The Hall–Kier alpha value is -4.57. The first-order chi connectivity index (χ1) is 19.1. The molecule has 2 aromatic carbocycles. The third-order valence-corrected chi connectivity index (χ3v) is 7.96. The Kier molecular flexibility index (Phi) is 6.76. The van der Waals surface area contributed by atoms with Crippen LogP contribution in [0.1, 0.15) is 24.8 Å². The van der Waals surface area contributed by atoms with Crippen LogP contribution in [0.4, 0.5) is 11.4 Å². The third-order valence-electron chi connectivity index (χ3n) is 7.96. The van der Waals surface area contributed by atoms with Crippen molar-refractivity contribution in [3.05, 3.63) is 85.2 Å². The molecule has 7 nitrogen and oxygen atoms in total. The summed E-state index contributed by atoms with van der Waals surface area (Å²) in [7, 11) is 0. The molecular weight excluding hydrogens is 484 g/mol. The van der Waals surface area contributed by atoms with E-state index in [1.807, 2.05) is 15.6 Å². The predicted molar refractivity (Wildman–Crippen MR) is 156 cm³/mol. The van der Waals surface area contributed by atoms with E-state index in [9.17, 15) is 10.1 Å². The lowest BCUT2D eigenvalue weighted by Gasteiger charge is -2.35. The van der Waals surface area contributed by atoms with Crippen LogP contribution in [0.5, 0.6) is 0 Å². The van der Waals surface area contributed by atoms with Gasteiger partial charge in [-0.2, -0.15) is 10.4 Å². The molecule has 0 saturated carbocycles. The molecule has 4 aromatic rings. The van der Waals surface area contributed by atoms with Gasteiger partial charge in [-0.3, -0.25) is 4.79 Å². The first-order valence-electron chi connectivity index (χ1n) is 13.7. The van der Waals surface area contributed by atoms with Crippen LogP contribution >= 0.6 is 0 Å². The molecule has 7 heteroatoms. The molecule has 2 aromatic heterocycles. The third kappa shape index (κ3) is 4.86. The molecule has 4 heterocycles. The number of benzene rings is 2. The van der Waals surface area contributed by atoms with Crippen molar-refractivity contribution >= 4 is 22.8 Å². The minimum absolute atomic E-state index is 0.0101. The summed E-state index contributed by atoms with van der Waals surface area (Å²) in [4.78, 5) is 18.5. The number of nitriles is 1. The van der Waals surface area contributed by atoms with Crippen LogP contribution in [0.3, 0.4) is 0 Å². The highest BCUT2D eigenvalue weighted by atomic mass is 16.2. The van der Waals surface area contributed by atoms with Gasteiger partial charge in [0.05, 0.1) is 17.3 Å². The number of fused-ring (bicyclic) bond motifs is 1. The predicted octanol–water partition coefficient (Wildman–Crippen LogP) is 5.36. The van der Waals surface area contributed by atoms with Crippen LogP contribution in [-0.4, -0.2) is 59.7 Å². The summed E-state index contributed by atoms with van der Waals surface area (Å²) < 4.78 is 1.82. The van der Waals surface area contributed by atoms with E-state index in [1.54, 1.807) is 6.20 Å². The Bertz CT molecular complexity index is 1530. The summed E-state index contributed by atoms with van der Waals surface area (Å²) in [6.45, 7) is 8.79. The van der Waals surface area contributed by atoms with Crippen molar-refractivity contribution in [3.63, 3.8) is 0 Å². The molecule has 0 unspecified atom stereocenters. The summed E-state index contributed by atoms with van der Waals surface area (Å²) in [6.07, 6.45) is 8.86. The number of anilines is 2. The van der Waals surface area contributed by atoms with Crippen molar-refractivity contribution in [3.8, 4) is 28.3 Å². The van der Waals surface area contributed by atoms with Crippen molar-refractivity contribution < 1.29 is 4.79 Å². The van der Waals surface area contributed by atoms with Crippen LogP contribution in [0.2, 0.25) is 0 Å². The van der Waals surface area contributed by atoms with Gasteiger partial charge in [-0.15, -0.1) is 0 Å². The fourth-order valence-electron chi connectivity index (χ4n) is 5.76. The first kappa shape index (κ1) is 24.7. The number of hydrogen-bond donors (Lipinski definition) is 0. The normalized spacial score (nSPS) is 15.8. The number of pyridine rings is 1. The monoisotopic (exact) mass is 516 g/mol. The van der Waals surface area contributed by atoms with E-state index < -0.39 is 0 Å². The zero-order chi connectivity index (χ0) is 26.8. The van der Waals surface area contributed by atoms with Gasteiger partial charge in [0.15, 0.2) is 0 Å². The van der Waals surface area contributed by atoms with Crippen molar-refractivity contribution in [2.75, 3.05) is 49.1 Å². The Morgan fingerprint density at radius 1 is 0.821 bits per heavy atom. The largest absolute Gasteiger partial charge is 0.372 e. The molecule has 2 aliphatic rings. The SMILES string of the molecule is C=CC(=O)N1CCN(c2ccc(-c3cc(-c4ccc(N5CCCCC5)cc4)cn4ncc(C#N)c34)cc2)CC1. The van der Waals surface area contributed by atoms with E-state index in [4.69, 9.17) is 0 Å². The number of piperazine rings is 1. The summed E-state index contributed by atoms with van der Waals surface area (Å²) in [6, 6.07) is 21.8. The Morgan fingerprint density at radius 2 is 1.44 bits per heavy atom. The molecule has 6 rings (SSSR count). The fourth-order valence-corrected chi connectivity index (χ4v) is 5.76. The van der Waals surface area contributed by atoms with Gasteiger partial charge < -0.3 is 14.7 Å². The highest BCUT2D eigenvalue weighted by Crippen LogP contribution is 2.34. The van der Waals surface area contributed by atoms with E-state index >= 15 is 0 Å².